The first-order chi connectivity index (χ1) is 16.4. The van der Waals surface area contributed by atoms with Gasteiger partial charge < -0.3 is 11.1 Å². The summed E-state index contributed by atoms with van der Waals surface area (Å²) in [5.41, 5.74) is 11.2. The zero-order chi connectivity index (χ0) is 24.2. The van der Waals surface area contributed by atoms with E-state index < -0.39 is 5.92 Å². The van der Waals surface area contributed by atoms with Gasteiger partial charge >= 0.3 is 0 Å². The van der Waals surface area contributed by atoms with Crippen LogP contribution in [0, 0.1) is 25.2 Å². The molecular formula is C26H21Cl2N5S. The number of halogens is 2. The normalized spacial score (nSPS) is 11.6. The van der Waals surface area contributed by atoms with Crippen LogP contribution < -0.4 is 11.1 Å². The van der Waals surface area contributed by atoms with Crippen molar-refractivity contribution >= 4 is 52.2 Å². The summed E-state index contributed by atoms with van der Waals surface area (Å²) in [4.78, 5) is 9.70. The van der Waals surface area contributed by atoms with Gasteiger partial charge in [0, 0.05) is 20.6 Å². The van der Waals surface area contributed by atoms with Crippen LogP contribution in [0.25, 0.3) is 0 Å². The van der Waals surface area contributed by atoms with Crippen LogP contribution in [0.15, 0.2) is 76.9 Å². The smallest absolute Gasteiger partial charge is 0.158 e. The predicted molar refractivity (Wildman–Crippen MR) is 140 cm³/mol. The number of nitrogens with one attached hydrogen (secondary N) is 1. The first-order valence-corrected chi connectivity index (χ1v) is 12.0. The molecule has 0 saturated heterocycles. The van der Waals surface area contributed by atoms with Crippen LogP contribution in [0.2, 0.25) is 10.0 Å². The standard InChI is InChI=1S/C26H21Cl2N5S/c1-15-3-9-19(10-4-15)34-26-24(30)25(31-14-32-26)33-23-12-22(28)20(11-16(23)2)21(13-29)17-5-7-18(27)8-6-17/h3-12,14,21H,30H2,1-2H3,(H,31,32,33). The summed E-state index contributed by atoms with van der Waals surface area (Å²) < 4.78 is 0. The van der Waals surface area contributed by atoms with Crippen molar-refractivity contribution in [3.8, 4) is 6.07 Å². The maximum atomic E-state index is 9.83. The van der Waals surface area contributed by atoms with Gasteiger partial charge in [0.05, 0.1) is 12.0 Å². The van der Waals surface area contributed by atoms with Gasteiger partial charge in [0.2, 0.25) is 0 Å². The summed E-state index contributed by atoms with van der Waals surface area (Å²) in [6.45, 7) is 3.99. The van der Waals surface area contributed by atoms with Gasteiger partial charge in [-0.2, -0.15) is 5.26 Å². The van der Waals surface area contributed by atoms with E-state index in [0.717, 1.165) is 27.3 Å². The molecule has 1 aromatic heterocycles. The minimum atomic E-state index is -0.515. The zero-order valence-electron chi connectivity index (χ0n) is 18.5. The van der Waals surface area contributed by atoms with Gasteiger partial charge in [-0.15, -0.1) is 0 Å². The van der Waals surface area contributed by atoms with E-state index in [2.05, 4.69) is 21.4 Å². The van der Waals surface area contributed by atoms with Crippen LogP contribution in [0.5, 0.6) is 0 Å². The van der Waals surface area contributed by atoms with Crippen LogP contribution in [-0.2, 0) is 0 Å². The van der Waals surface area contributed by atoms with Gasteiger partial charge in [-0.1, -0.05) is 70.9 Å². The summed E-state index contributed by atoms with van der Waals surface area (Å²) in [7, 11) is 0. The van der Waals surface area contributed by atoms with Crippen molar-refractivity contribution in [3.05, 3.63) is 99.3 Å². The Kier molecular flexibility index (Phi) is 7.28. The molecule has 0 fully saturated rings. The molecule has 3 N–H and O–H groups in total. The van der Waals surface area contributed by atoms with E-state index in [1.54, 1.807) is 18.2 Å². The van der Waals surface area contributed by atoms with Crippen LogP contribution >= 0.6 is 35.0 Å². The molecule has 0 bridgehead atoms. The fourth-order valence-corrected chi connectivity index (χ4v) is 4.65. The number of nitrogen functional groups attached to an aromatic ring is 1. The molecule has 0 aliphatic rings. The lowest BCUT2D eigenvalue weighted by atomic mass is 9.91. The van der Waals surface area contributed by atoms with Gasteiger partial charge in [-0.3, -0.25) is 0 Å². The molecule has 8 heteroatoms. The molecule has 0 amide bonds. The molecule has 5 nitrogen and oxygen atoms in total. The SMILES string of the molecule is Cc1ccc(Sc2ncnc(Nc3cc(Cl)c(C(C#N)c4ccc(Cl)cc4)cc3C)c2N)cc1. The van der Waals surface area contributed by atoms with Crippen molar-refractivity contribution in [2.45, 2.75) is 29.7 Å². The predicted octanol–water partition coefficient (Wildman–Crippen LogP) is 7.53. The number of rotatable bonds is 6. The Morgan fingerprint density at radius 2 is 1.71 bits per heavy atom. The average molecular weight is 506 g/mol. The van der Waals surface area contributed by atoms with E-state index in [-0.39, 0.29) is 0 Å². The lowest BCUT2D eigenvalue weighted by molar-refractivity contribution is 1.03. The van der Waals surface area contributed by atoms with Crippen LogP contribution in [0.1, 0.15) is 28.2 Å². The third kappa shape index (κ3) is 5.28. The topological polar surface area (TPSA) is 87.6 Å². The highest BCUT2D eigenvalue weighted by atomic mass is 35.5. The highest BCUT2D eigenvalue weighted by Gasteiger charge is 2.19. The Morgan fingerprint density at radius 3 is 2.38 bits per heavy atom. The summed E-state index contributed by atoms with van der Waals surface area (Å²) in [6.07, 6.45) is 1.48. The van der Waals surface area contributed by atoms with Gasteiger partial charge in [-0.25, -0.2) is 9.97 Å². The van der Waals surface area contributed by atoms with E-state index in [1.165, 1.54) is 23.7 Å². The number of nitrogens with two attached hydrogens (primary N) is 1. The molecule has 0 radical (unpaired) electrons. The summed E-state index contributed by atoms with van der Waals surface area (Å²) >= 11 is 14.1. The molecule has 3 aromatic carbocycles. The molecule has 0 aliphatic heterocycles. The molecule has 0 aliphatic carbocycles. The van der Waals surface area contributed by atoms with Crippen molar-refractivity contribution in [3.63, 3.8) is 0 Å². The fourth-order valence-electron chi connectivity index (χ4n) is 3.44. The maximum absolute atomic E-state index is 9.83. The molecule has 34 heavy (non-hydrogen) atoms. The van der Waals surface area contributed by atoms with E-state index >= 15 is 0 Å². The molecule has 170 valence electrons. The number of aromatic nitrogens is 2. The molecular weight excluding hydrogens is 485 g/mol. The maximum Gasteiger partial charge on any atom is 0.158 e. The van der Waals surface area contributed by atoms with E-state index in [4.69, 9.17) is 28.9 Å². The van der Waals surface area contributed by atoms with Crippen molar-refractivity contribution in [2.24, 2.45) is 0 Å². The minimum Gasteiger partial charge on any atom is -0.394 e. The van der Waals surface area contributed by atoms with Crippen molar-refractivity contribution in [2.75, 3.05) is 11.1 Å². The van der Waals surface area contributed by atoms with Crippen molar-refractivity contribution < 1.29 is 0 Å². The summed E-state index contributed by atoms with van der Waals surface area (Å²) in [5, 5.41) is 14.9. The fraction of sp³-hybridized carbons (Fsp3) is 0.115. The number of benzene rings is 3. The first kappa shape index (κ1) is 23.9. The molecule has 0 spiro atoms. The molecule has 4 rings (SSSR count). The molecule has 1 unspecified atom stereocenters. The van der Waals surface area contributed by atoms with Crippen LogP contribution in [-0.4, -0.2) is 9.97 Å². The lowest BCUT2D eigenvalue weighted by Crippen LogP contribution is -2.05. The quantitative estimate of drug-likeness (QED) is 0.263. The van der Waals surface area contributed by atoms with Gasteiger partial charge in [-0.05, 0) is 60.9 Å². The average Bonchev–Trinajstić information content (AvgIpc) is 2.82. The van der Waals surface area contributed by atoms with E-state index in [0.29, 0.717) is 26.6 Å². The molecule has 0 saturated carbocycles. The number of anilines is 3. The Hall–Kier alpha value is -3.24. The summed E-state index contributed by atoms with van der Waals surface area (Å²) in [5.74, 6) is -0.0230. The number of hydrogen-bond donors (Lipinski definition) is 2. The number of aryl methyl sites for hydroxylation is 2. The molecule has 1 atom stereocenters. The number of nitrogens with zero attached hydrogens (tertiary/aromatic N) is 3. The summed E-state index contributed by atoms with van der Waals surface area (Å²) in [6, 6.07) is 21.4. The van der Waals surface area contributed by atoms with Crippen LogP contribution in [0.4, 0.5) is 17.2 Å². The van der Waals surface area contributed by atoms with E-state index in [9.17, 15) is 5.26 Å². The van der Waals surface area contributed by atoms with Gasteiger partial charge in [0.1, 0.15) is 17.0 Å². The minimum absolute atomic E-state index is 0.448. The van der Waals surface area contributed by atoms with Gasteiger partial charge in [0.15, 0.2) is 5.82 Å². The second-order valence-electron chi connectivity index (χ2n) is 7.78. The highest BCUT2D eigenvalue weighted by Crippen LogP contribution is 2.37. The monoisotopic (exact) mass is 505 g/mol. The Balaban J connectivity index is 1.61. The Labute approximate surface area is 213 Å². The number of nitriles is 1. The Morgan fingerprint density at radius 1 is 1.00 bits per heavy atom. The second-order valence-corrected chi connectivity index (χ2v) is 9.69. The first-order valence-electron chi connectivity index (χ1n) is 10.4. The zero-order valence-corrected chi connectivity index (χ0v) is 20.8. The Bertz CT molecular complexity index is 1370. The van der Waals surface area contributed by atoms with Gasteiger partial charge in [0.25, 0.3) is 0 Å². The van der Waals surface area contributed by atoms with Crippen molar-refractivity contribution in [1.29, 1.82) is 5.26 Å². The molecule has 4 aromatic rings. The highest BCUT2D eigenvalue weighted by molar-refractivity contribution is 7.99. The van der Waals surface area contributed by atoms with Crippen LogP contribution in [0.3, 0.4) is 0 Å². The van der Waals surface area contributed by atoms with Crippen molar-refractivity contribution in [1.82, 2.24) is 9.97 Å². The lowest BCUT2D eigenvalue weighted by Gasteiger charge is -2.17. The largest absolute Gasteiger partial charge is 0.394 e. The number of hydrogen-bond acceptors (Lipinski definition) is 6. The third-order valence-electron chi connectivity index (χ3n) is 5.32. The third-order valence-corrected chi connectivity index (χ3v) is 6.93. The van der Waals surface area contributed by atoms with E-state index in [1.807, 2.05) is 56.3 Å². The molecule has 1 heterocycles. The second kappa shape index (κ2) is 10.4.